The average molecular weight is 326 g/mol. The first kappa shape index (κ1) is 16.8. The number of carbonyl (C=O) groups is 1. The van der Waals surface area contributed by atoms with Gasteiger partial charge in [0.05, 0.1) is 11.8 Å². The lowest BCUT2D eigenvalue weighted by molar-refractivity contribution is 0.0929. The SMILES string of the molecule is CCC[C@H]1CN(S(C)(=O)=O)C[C@@H]1NC(=O)c1cnc(C)nc1. The summed E-state index contributed by atoms with van der Waals surface area (Å²) in [6.07, 6.45) is 5.99. The zero-order valence-corrected chi connectivity index (χ0v) is 13.9. The van der Waals surface area contributed by atoms with Gasteiger partial charge in [-0.3, -0.25) is 4.79 Å². The van der Waals surface area contributed by atoms with E-state index in [1.165, 1.54) is 23.0 Å². The molecule has 1 amide bonds. The van der Waals surface area contributed by atoms with Crippen LogP contribution in [0, 0.1) is 12.8 Å². The average Bonchev–Trinajstić information content (AvgIpc) is 2.83. The van der Waals surface area contributed by atoms with Gasteiger partial charge in [0.15, 0.2) is 0 Å². The molecule has 1 saturated heterocycles. The summed E-state index contributed by atoms with van der Waals surface area (Å²) in [5.41, 5.74) is 0.388. The number of nitrogens with one attached hydrogen (secondary N) is 1. The molecule has 0 aliphatic carbocycles. The fourth-order valence-corrected chi connectivity index (χ4v) is 3.58. The van der Waals surface area contributed by atoms with Gasteiger partial charge in [-0.05, 0) is 19.3 Å². The Kier molecular flexibility index (Phi) is 5.12. The summed E-state index contributed by atoms with van der Waals surface area (Å²) in [5, 5.41) is 2.93. The van der Waals surface area contributed by atoms with Crippen molar-refractivity contribution in [1.29, 1.82) is 0 Å². The van der Waals surface area contributed by atoms with Gasteiger partial charge in [0.2, 0.25) is 10.0 Å². The molecule has 1 aliphatic rings. The lowest BCUT2D eigenvalue weighted by atomic mass is 9.98. The Morgan fingerprint density at radius 1 is 1.36 bits per heavy atom. The third-order valence-corrected chi connectivity index (χ3v) is 5.13. The Morgan fingerprint density at radius 3 is 2.55 bits per heavy atom. The maximum atomic E-state index is 12.3. The van der Waals surface area contributed by atoms with E-state index in [9.17, 15) is 13.2 Å². The standard InChI is InChI=1S/C14H22N4O3S/c1-4-5-11-8-18(22(3,20)21)9-13(11)17-14(19)12-6-15-10(2)16-7-12/h6-7,11,13H,4-5,8-9H2,1-3H3,(H,17,19)/t11-,13-/m0/s1. The minimum Gasteiger partial charge on any atom is -0.348 e. The van der Waals surface area contributed by atoms with E-state index in [-0.39, 0.29) is 17.9 Å². The molecule has 0 unspecified atom stereocenters. The van der Waals surface area contributed by atoms with E-state index in [1.54, 1.807) is 6.92 Å². The summed E-state index contributed by atoms with van der Waals surface area (Å²) < 4.78 is 24.9. The number of aryl methyl sites for hydroxylation is 1. The van der Waals surface area contributed by atoms with Crippen LogP contribution in [0.4, 0.5) is 0 Å². The van der Waals surface area contributed by atoms with Crippen LogP contribution >= 0.6 is 0 Å². The molecule has 8 heteroatoms. The molecule has 2 heterocycles. The van der Waals surface area contributed by atoms with Crippen LogP contribution in [-0.4, -0.2) is 54.0 Å². The second-order valence-corrected chi connectivity index (χ2v) is 7.71. The van der Waals surface area contributed by atoms with E-state index in [0.717, 1.165) is 12.8 Å². The molecule has 2 rings (SSSR count). The highest BCUT2D eigenvalue weighted by atomic mass is 32.2. The molecule has 0 saturated carbocycles. The van der Waals surface area contributed by atoms with Crippen molar-refractivity contribution in [3.63, 3.8) is 0 Å². The summed E-state index contributed by atoms with van der Waals surface area (Å²) in [6.45, 7) is 4.58. The second-order valence-electron chi connectivity index (χ2n) is 5.73. The summed E-state index contributed by atoms with van der Waals surface area (Å²) >= 11 is 0. The Morgan fingerprint density at radius 2 is 2.00 bits per heavy atom. The van der Waals surface area contributed by atoms with Gasteiger partial charge in [-0.15, -0.1) is 0 Å². The lowest BCUT2D eigenvalue weighted by Gasteiger charge is -2.19. The normalized spacial score (nSPS) is 22.7. The van der Waals surface area contributed by atoms with Crippen LogP contribution in [-0.2, 0) is 10.0 Å². The van der Waals surface area contributed by atoms with Crippen molar-refractivity contribution in [3.05, 3.63) is 23.8 Å². The zero-order chi connectivity index (χ0) is 16.3. The molecule has 122 valence electrons. The fraction of sp³-hybridized carbons (Fsp3) is 0.643. The second kappa shape index (κ2) is 6.70. The number of sulfonamides is 1. The highest BCUT2D eigenvalue weighted by Crippen LogP contribution is 2.24. The first-order valence-electron chi connectivity index (χ1n) is 7.36. The van der Waals surface area contributed by atoms with Crippen molar-refractivity contribution in [2.24, 2.45) is 5.92 Å². The van der Waals surface area contributed by atoms with Gasteiger partial charge in [0.25, 0.3) is 5.91 Å². The van der Waals surface area contributed by atoms with Crippen molar-refractivity contribution in [2.45, 2.75) is 32.7 Å². The van der Waals surface area contributed by atoms with Gasteiger partial charge < -0.3 is 5.32 Å². The number of carbonyl (C=O) groups excluding carboxylic acids is 1. The lowest BCUT2D eigenvalue weighted by Crippen LogP contribution is -2.41. The Labute approximate surface area is 131 Å². The molecule has 22 heavy (non-hydrogen) atoms. The van der Waals surface area contributed by atoms with E-state index in [0.29, 0.717) is 24.5 Å². The van der Waals surface area contributed by atoms with Crippen LogP contribution in [0.1, 0.15) is 35.9 Å². The minimum absolute atomic E-state index is 0.134. The summed E-state index contributed by atoms with van der Waals surface area (Å²) in [4.78, 5) is 20.3. The zero-order valence-electron chi connectivity index (χ0n) is 13.1. The number of hydrogen-bond donors (Lipinski definition) is 1. The Hall–Kier alpha value is -1.54. The number of amides is 1. The number of aromatic nitrogens is 2. The molecule has 1 N–H and O–H groups in total. The molecular weight excluding hydrogens is 304 g/mol. The molecular formula is C14H22N4O3S. The van der Waals surface area contributed by atoms with Gasteiger partial charge in [0.1, 0.15) is 5.82 Å². The molecule has 1 fully saturated rings. The maximum absolute atomic E-state index is 12.3. The highest BCUT2D eigenvalue weighted by Gasteiger charge is 2.37. The Balaban J connectivity index is 2.09. The molecule has 0 spiro atoms. The smallest absolute Gasteiger partial charge is 0.254 e. The predicted octanol–water partition coefficient (Wildman–Crippen LogP) is 0.575. The minimum atomic E-state index is -3.24. The van der Waals surface area contributed by atoms with Crippen molar-refractivity contribution in [1.82, 2.24) is 19.6 Å². The van der Waals surface area contributed by atoms with Crippen molar-refractivity contribution < 1.29 is 13.2 Å². The van der Waals surface area contributed by atoms with Crippen molar-refractivity contribution in [2.75, 3.05) is 19.3 Å². The van der Waals surface area contributed by atoms with E-state index >= 15 is 0 Å². The fourth-order valence-electron chi connectivity index (χ4n) is 2.69. The number of nitrogens with zero attached hydrogens (tertiary/aromatic N) is 3. The van der Waals surface area contributed by atoms with Gasteiger partial charge in [-0.2, -0.15) is 4.31 Å². The van der Waals surface area contributed by atoms with Crippen LogP contribution in [0.2, 0.25) is 0 Å². The molecule has 0 bridgehead atoms. The molecule has 1 aliphatic heterocycles. The first-order valence-corrected chi connectivity index (χ1v) is 9.20. The quantitative estimate of drug-likeness (QED) is 0.854. The summed E-state index contributed by atoms with van der Waals surface area (Å²) in [6, 6.07) is -0.177. The van der Waals surface area contributed by atoms with E-state index < -0.39 is 10.0 Å². The van der Waals surface area contributed by atoms with Crippen molar-refractivity contribution in [3.8, 4) is 0 Å². The van der Waals surface area contributed by atoms with Gasteiger partial charge in [0, 0.05) is 31.5 Å². The van der Waals surface area contributed by atoms with E-state index in [4.69, 9.17) is 0 Å². The van der Waals surface area contributed by atoms with E-state index in [2.05, 4.69) is 22.2 Å². The Bertz CT molecular complexity index is 630. The number of rotatable bonds is 5. The molecule has 7 nitrogen and oxygen atoms in total. The summed E-state index contributed by atoms with van der Waals surface area (Å²) in [7, 11) is -3.24. The van der Waals surface area contributed by atoms with Gasteiger partial charge in [-0.25, -0.2) is 18.4 Å². The largest absolute Gasteiger partial charge is 0.348 e. The molecule has 0 aromatic carbocycles. The van der Waals surface area contributed by atoms with Gasteiger partial charge in [-0.1, -0.05) is 13.3 Å². The first-order chi connectivity index (χ1) is 10.3. The topological polar surface area (TPSA) is 92.3 Å². The molecule has 1 aromatic rings. The van der Waals surface area contributed by atoms with Crippen LogP contribution in [0.3, 0.4) is 0 Å². The van der Waals surface area contributed by atoms with Crippen LogP contribution < -0.4 is 5.32 Å². The molecule has 0 radical (unpaired) electrons. The van der Waals surface area contributed by atoms with E-state index in [1.807, 2.05) is 0 Å². The third kappa shape index (κ3) is 4.01. The van der Waals surface area contributed by atoms with Crippen LogP contribution in [0.15, 0.2) is 12.4 Å². The number of hydrogen-bond acceptors (Lipinski definition) is 5. The summed E-state index contributed by atoms with van der Waals surface area (Å²) in [5.74, 6) is 0.473. The molecule has 1 aromatic heterocycles. The maximum Gasteiger partial charge on any atom is 0.254 e. The van der Waals surface area contributed by atoms with Crippen molar-refractivity contribution >= 4 is 15.9 Å². The third-order valence-electron chi connectivity index (χ3n) is 3.90. The predicted molar refractivity (Wildman–Crippen MR) is 82.8 cm³/mol. The van der Waals surface area contributed by atoms with Gasteiger partial charge >= 0.3 is 0 Å². The van der Waals surface area contributed by atoms with Crippen LogP contribution in [0.25, 0.3) is 0 Å². The van der Waals surface area contributed by atoms with Crippen LogP contribution in [0.5, 0.6) is 0 Å². The monoisotopic (exact) mass is 326 g/mol. The highest BCUT2D eigenvalue weighted by molar-refractivity contribution is 7.88. The molecule has 2 atom stereocenters.